The van der Waals surface area contributed by atoms with E-state index in [9.17, 15) is 4.79 Å². The summed E-state index contributed by atoms with van der Waals surface area (Å²) >= 11 is 17.5. The summed E-state index contributed by atoms with van der Waals surface area (Å²) in [4.78, 5) is 22.1. The minimum atomic E-state index is -0.467. The highest BCUT2D eigenvalue weighted by Crippen LogP contribution is 2.21. The third kappa shape index (κ3) is 6.45. The van der Waals surface area contributed by atoms with Gasteiger partial charge in [0, 0.05) is 43.4 Å². The van der Waals surface area contributed by atoms with Crippen LogP contribution in [0.4, 0.5) is 10.6 Å². The number of carbonyl (C=O) groups excluding carboxylic acids is 1. The first-order chi connectivity index (χ1) is 16.6. The first-order valence-corrected chi connectivity index (χ1v) is 12.1. The smallest absolute Gasteiger partial charge is 0.410 e. The number of fused-ring (bicyclic) bond motifs is 2. The molecule has 1 fully saturated rings. The van der Waals surface area contributed by atoms with Gasteiger partial charge in [0.15, 0.2) is 11.3 Å². The third-order valence-electron chi connectivity index (χ3n) is 5.11. The standard InChI is InChI=1S/C16H22ClN5O2.C6H3Cl2N3/c1-16(2,3)24-15(23)21-8-5-11(6-9-21)19-14-10-12(17)20-13-4-7-18-22(13)14;7-4-3-5(8)11-6(10-4)1-2-9-11/h4,7,10-11,19H,5-6,8-9H2,1-3H3;1-3H. The average Bonchev–Trinajstić information content (AvgIpc) is 3.43. The molecule has 4 aromatic rings. The van der Waals surface area contributed by atoms with E-state index in [0.29, 0.717) is 39.8 Å². The number of nitrogens with one attached hydrogen (secondary N) is 1. The summed E-state index contributed by atoms with van der Waals surface area (Å²) in [6, 6.07) is 7.10. The fourth-order valence-electron chi connectivity index (χ4n) is 3.57. The zero-order chi connectivity index (χ0) is 25.2. The summed E-state index contributed by atoms with van der Waals surface area (Å²) in [5, 5.41) is 12.9. The molecule has 5 heterocycles. The maximum Gasteiger partial charge on any atom is 0.410 e. The van der Waals surface area contributed by atoms with Gasteiger partial charge in [0.2, 0.25) is 0 Å². The molecule has 1 aliphatic heterocycles. The molecule has 0 bridgehead atoms. The number of carbonyl (C=O) groups is 1. The fraction of sp³-hybridized carbons (Fsp3) is 0.409. The van der Waals surface area contributed by atoms with Crippen molar-refractivity contribution in [3.8, 4) is 0 Å². The Morgan fingerprint density at radius 2 is 1.54 bits per heavy atom. The molecule has 0 unspecified atom stereocenters. The van der Waals surface area contributed by atoms with Gasteiger partial charge < -0.3 is 15.0 Å². The molecule has 0 spiro atoms. The predicted octanol–water partition coefficient (Wildman–Crippen LogP) is 5.23. The Hall–Kier alpha value is -2.82. The maximum absolute atomic E-state index is 12.1. The van der Waals surface area contributed by atoms with E-state index >= 15 is 0 Å². The monoisotopic (exact) mass is 538 g/mol. The second kappa shape index (κ2) is 10.4. The van der Waals surface area contributed by atoms with Crippen LogP contribution in [-0.2, 0) is 4.74 Å². The van der Waals surface area contributed by atoms with Gasteiger partial charge in [-0.2, -0.15) is 14.7 Å². The molecule has 5 rings (SSSR count). The molecule has 4 aromatic heterocycles. The van der Waals surface area contributed by atoms with Crippen LogP contribution in [0.5, 0.6) is 0 Å². The van der Waals surface area contributed by atoms with Crippen molar-refractivity contribution in [2.75, 3.05) is 18.4 Å². The van der Waals surface area contributed by atoms with Gasteiger partial charge in [-0.3, -0.25) is 0 Å². The van der Waals surface area contributed by atoms with Crippen molar-refractivity contribution in [2.24, 2.45) is 0 Å². The van der Waals surface area contributed by atoms with Gasteiger partial charge in [-0.15, -0.1) is 0 Å². The number of nitrogens with zero attached hydrogens (tertiary/aromatic N) is 7. The number of hydrogen-bond acceptors (Lipinski definition) is 7. The summed E-state index contributed by atoms with van der Waals surface area (Å²) in [5.74, 6) is 0.811. The summed E-state index contributed by atoms with van der Waals surface area (Å²) in [7, 11) is 0. The van der Waals surface area contributed by atoms with Gasteiger partial charge in [0.1, 0.15) is 26.9 Å². The topological polar surface area (TPSA) is 102 Å². The van der Waals surface area contributed by atoms with Crippen molar-refractivity contribution >= 4 is 58.0 Å². The Morgan fingerprint density at radius 3 is 2.17 bits per heavy atom. The van der Waals surface area contributed by atoms with Crippen molar-refractivity contribution in [1.82, 2.24) is 34.1 Å². The Kier molecular flexibility index (Phi) is 7.53. The van der Waals surface area contributed by atoms with Crippen LogP contribution in [0.2, 0.25) is 15.5 Å². The SMILES string of the molecule is CC(C)(C)OC(=O)N1CCC(Nc2cc(Cl)nc3ccnn23)CC1.Clc1cc(Cl)n2nccc2n1. The molecule has 1 aliphatic rings. The highest BCUT2D eigenvalue weighted by atomic mass is 35.5. The normalized spacial score (nSPS) is 14.6. The van der Waals surface area contributed by atoms with Gasteiger partial charge in [-0.05, 0) is 33.6 Å². The fourth-order valence-corrected chi connectivity index (χ4v) is 4.24. The zero-order valence-electron chi connectivity index (χ0n) is 19.5. The summed E-state index contributed by atoms with van der Waals surface area (Å²) in [5.41, 5.74) is 0.893. The molecule has 1 saturated heterocycles. The summed E-state index contributed by atoms with van der Waals surface area (Å²) < 4.78 is 8.66. The number of halogens is 3. The molecule has 0 saturated carbocycles. The van der Waals surface area contributed by atoms with E-state index in [1.807, 2.05) is 26.8 Å². The number of anilines is 1. The zero-order valence-corrected chi connectivity index (χ0v) is 21.7. The lowest BCUT2D eigenvalue weighted by molar-refractivity contribution is 0.0210. The summed E-state index contributed by atoms with van der Waals surface area (Å²) in [6.07, 6.45) is 4.73. The van der Waals surface area contributed by atoms with Crippen LogP contribution in [0.3, 0.4) is 0 Å². The number of amides is 1. The van der Waals surface area contributed by atoms with Crippen molar-refractivity contribution in [3.05, 3.63) is 52.1 Å². The Labute approximate surface area is 217 Å². The molecule has 0 aliphatic carbocycles. The van der Waals surface area contributed by atoms with E-state index in [4.69, 9.17) is 39.5 Å². The number of likely N-dealkylation sites (tertiary alicyclic amines) is 1. The molecule has 0 atom stereocenters. The maximum atomic E-state index is 12.1. The Morgan fingerprint density at radius 1 is 0.971 bits per heavy atom. The molecular weight excluding hydrogens is 515 g/mol. The second-order valence-corrected chi connectivity index (χ2v) is 10.1. The number of piperidine rings is 1. The average molecular weight is 540 g/mol. The molecule has 1 N–H and O–H groups in total. The van der Waals surface area contributed by atoms with E-state index in [0.717, 1.165) is 18.7 Å². The van der Waals surface area contributed by atoms with Gasteiger partial charge in [0.25, 0.3) is 0 Å². The lowest BCUT2D eigenvalue weighted by atomic mass is 10.1. The number of aromatic nitrogens is 6. The quantitative estimate of drug-likeness (QED) is 0.348. The lowest BCUT2D eigenvalue weighted by Gasteiger charge is -2.34. The predicted molar refractivity (Wildman–Crippen MR) is 135 cm³/mol. The molecular formula is C22H25Cl3N8O2. The van der Waals surface area contributed by atoms with E-state index in [2.05, 4.69) is 25.5 Å². The number of ether oxygens (including phenoxy) is 1. The van der Waals surface area contributed by atoms with E-state index in [1.165, 1.54) is 4.52 Å². The van der Waals surface area contributed by atoms with Gasteiger partial charge in [-0.25, -0.2) is 19.3 Å². The largest absolute Gasteiger partial charge is 0.444 e. The molecule has 186 valence electrons. The number of hydrogen-bond donors (Lipinski definition) is 1. The highest BCUT2D eigenvalue weighted by Gasteiger charge is 2.27. The Bertz CT molecular complexity index is 1330. The van der Waals surface area contributed by atoms with Gasteiger partial charge in [0.05, 0.1) is 12.4 Å². The first kappa shape index (κ1) is 25.3. The first-order valence-electron chi connectivity index (χ1n) is 11.0. The molecule has 10 nitrogen and oxygen atoms in total. The van der Waals surface area contributed by atoms with Crippen LogP contribution in [0.1, 0.15) is 33.6 Å². The molecule has 35 heavy (non-hydrogen) atoms. The minimum absolute atomic E-state index is 0.245. The second-order valence-electron chi connectivity index (χ2n) is 8.95. The van der Waals surface area contributed by atoms with E-state index in [1.54, 1.807) is 40.0 Å². The molecule has 1 amide bonds. The van der Waals surface area contributed by atoms with E-state index in [-0.39, 0.29) is 12.1 Å². The molecule has 13 heteroatoms. The molecule has 0 aromatic carbocycles. The minimum Gasteiger partial charge on any atom is -0.444 e. The van der Waals surface area contributed by atoms with Gasteiger partial charge in [-0.1, -0.05) is 34.8 Å². The highest BCUT2D eigenvalue weighted by molar-refractivity contribution is 6.33. The van der Waals surface area contributed by atoms with Crippen LogP contribution in [-0.4, -0.2) is 64.9 Å². The van der Waals surface area contributed by atoms with Crippen LogP contribution in [0, 0.1) is 0 Å². The lowest BCUT2D eigenvalue weighted by Crippen LogP contribution is -2.44. The molecule has 0 radical (unpaired) electrons. The summed E-state index contributed by atoms with van der Waals surface area (Å²) in [6.45, 7) is 6.95. The van der Waals surface area contributed by atoms with Crippen molar-refractivity contribution in [2.45, 2.75) is 45.3 Å². The van der Waals surface area contributed by atoms with Crippen molar-refractivity contribution < 1.29 is 9.53 Å². The number of rotatable bonds is 2. The van der Waals surface area contributed by atoms with Crippen LogP contribution >= 0.6 is 34.8 Å². The van der Waals surface area contributed by atoms with Crippen molar-refractivity contribution in [3.63, 3.8) is 0 Å². The van der Waals surface area contributed by atoms with Crippen molar-refractivity contribution in [1.29, 1.82) is 0 Å². The van der Waals surface area contributed by atoms with E-state index < -0.39 is 5.60 Å². The third-order valence-corrected chi connectivity index (χ3v) is 5.77. The van der Waals surface area contributed by atoms with Gasteiger partial charge >= 0.3 is 6.09 Å². The Balaban J connectivity index is 0.000000218. The van der Waals surface area contributed by atoms with Crippen LogP contribution < -0.4 is 5.32 Å². The van der Waals surface area contributed by atoms with Crippen LogP contribution in [0.25, 0.3) is 11.3 Å². The van der Waals surface area contributed by atoms with Crippen LogP contribution in [0.15, 0.2) is 36.7 Å².